The van der Waals surface area contributed by atoms with Gasteiger partial charge in [0.2, 0.25) is 0 Å². The second-order valence-corrected chi connectivity index (χ2v) is 13.3. The quantitative estimate of drug-likeness (QED) is 0.172. The first-order chi connectivity index (χ1) is 25.8. The number of hydrogen-bond donors (Lipinski definition) is 0. The molecule has 0 saturated heterocycles. The molecule has 0 saturated carbocycles. The number of para-hydroxylation sites is 2. The molecule has 0 aliphatic heterocycles. The fourth-order valence-corrected chi connectivity index (χ4v) is 8.00. The molecule has 1 aromatic heterocycles. The monoisotopic (exact) mass is 662 g/mol. The van der Waals surface area contributed by atoms with Crippen molar-refractivity contribution in [3.63, 3.8) is 0 Å². The van der Waals surface area contributed by atoms with Crippen LogP contribution in [0.15, 0.2) is 206 Å². The first-order valence-electron chi connectivity index (χ1n) is 17.9. The second-order valence-electron chi connectivity index (χ2n) is 13.3. The maximum absolute atomic E-state index is 2.43. The molecule has 10 aromatic rings. The van der Waals surface area contributed by atoms with Crippen LogP contribution in [-0.2, 0) is 0 Å². The predicted octanol–water partition coefficient (Wildman–Crippen LogP) is 13.9. The van der Waals surface area contributed by atoms with E-state index in [0.29, 0.717) is 0 Å². The van der Waals surface area contributed by atoms with Gasteiger partial charge in [0.25, 0.3) is 0 Å². The first kappa shape index (κ1) is 30.0. The molecule has 0 amide bonds. The molecule has 0 aliphatic carbocycles. The van der Waals surface area contributed by atoms with E-state index in [1.54, 1.807) is 0 Å². The highest BCUT2D eigenvalue weighted by Gasteiger charge is 2.21. The van der Waals surface area contributed by atoms with Crippen molar-refractivity contribution < 1.29 is 0 Å². The molecule has 0 radical (unpaired) electrons. The van der Waals surface area contributed by atoms with E-state index >= 15 is 0 Å². The number of aromatic nitrogens is 1. The SMILES string of the molecule is c1ccc(-c2ccc(N(c3ccccc3)c3ccc4c5c(-c6ccc7ccccc7c6)cccc5n(-c5ccccc5)c4c3)c3ccccc23)cc1. The first-order valence-corrected chi connectivity index (χ1v) is 17.9. The lowest BCUT2D eigenvalue weighted by molar-refractivity contribution is 1.18. The molecule has 0 aliphatic rings. The lowest BCUT2D eigenvalue weighted by Gasteiger charge is -2.27. The van der Waals surface area contributed by atoms with Crippen molar-refractivity contribution in [3.05, 3.63) is 206 Å². The van der Waals surface area contributed by atoms with Crippen LogP contribution < -0.4 is 4.90 Å². The summed E-state index contributed by atoms with van der Waals surface area (Å²) in [5.74, 6) is 0. The van der Waals surface area contributed by atoms with Gasteiger partial charge in [0.05, 0.1) is 16.7 Å². The molecule has 0 spiro atoms. The van der Waals surface area contributed by atoms with Crippen molar-refractivity contribution in [1.82, 2.24) is 4.57 Å². The highest BCUT2D eigenvalue weighted by molar-refractivity contribution is 6.17. The van der Waals surface area contributed by atoms with E-state index in [1.807, 2.05) is 0 Å². The summed E-state index contributed by atoms with van der Waals surface area (Å²) in [6.07, 6.45) is 0. The number of fused-ring (bicyclic) bond motifs is 5. The molecule has 2 heteroatoms. The third-order valence-corrected chi connectivity index (χ3v) is 10.3. The van der Waals surface area contributed by atoms with Gasteiger partial charge in [-0.25, -0.2) is 0 Å². The summed E-state index contributed by atoms with van der Waals surface area (Å²) in [6.45, 7) is 0. The average Bonchev–Trinajstić information content (AvgIpc) is 3.56. The zero-order valence-corrected chi connectivity index (χ0v) is 28.5. The van der Waals surface area contributed by atoms with Crippen molar-refractivity contribution >= 4 is 60.4 Å². The Kier molecular flexibility index (Phi) is 7.18. The van der Waals surface area contributed by atoms with Gasteiger partial charge in [-0.3, -0.25) is 0 Å². The van der Waals surface area contributed by atoms with Gasteiger partial charge in [-0.05, 0) is 93.0 Å². The molecule has 2 nitrogen and oxygen atoms in total. The molecule has 9 aromatic carbocycles. The van der Waals surface area contributed by atoms with Gasteiger partial charge >= 0.3 is 0 Å². The van der Waals surface area contributed by atoms with E-state index in [1.165, 1.54) is 60.1 Å². The molecule has 0 N–H and O–H groups in total. The van der Waals surface area contributed by atoms with Crippen molar-refractivity contribution in [1.29, 1.82) is 0 Å². The van der Waals surface area contributed by atoms with Crippen LogP contribution >= 0.6 is 0 Å². The number of rotatable bonds is 6. The van der Waals surface area contributed by atoms with Gasteiger partial charge in [-0.15, -0.1) is 0 Å². The third-order valence-electron chi connectivity index (χ3n) is 10.3. The molecular formula is C50H34N2. The van der Waals surface area contributed by atoms with E-state index < -0.39 is 0 Å². The fraction of sp³-hybridized carbons (Fsp3) is 0. The van der Waals surface area contributed by atoms with Crippen LogP contribution in [0.3, 0.4) is 0 Å². The Balaban J connectivity index is 1.24. The van der Waals surface area contributed by atoms with Crippen LogP contribution in [0.4, 0.5) is 17.1 Å². The van der Waals surface area contributed by atoms with E-state index in [2.05, 4.69) is 216 Å². The Morgan fingerprint density at radius 1 is 0.346 bits per heavy atom. The van der Waals surface area contributed by atoms with E-state index in [0.717, 1.165) is 28.3 Å². The van der Waals surface area contributed by atoms with Crippen LogP contribution in [0.5, 0.6) is 0 Å². The highest BCUT2D eigenvalue weighted by Crippen LogP contribution is 2.45. The average molecular weight is 663 g/mol. The molecule has 10 rings (SSSR count). The molecule has 0 bridgehead atoms. The van der Waals surface area contributed by atoms with Gasteiger partial charge in [-0.2, -0.15) is 0 Å². The van der Waals surface area contributed by atoms with E-state index in [9.17, 15) is 0 Å². The van der Waals surface area contributed by atoms with Crippen LogP contribution in [-0.4, -0.2) is 4.57 Å². The van der Waals surface area contributed by atoms with Gasteiger partial charge in [0.15, 0.2) is 0 Å². The smallest absolute Gasteiger partial charge is 0.0562 e. The van der Waals surface area contributed by atoms with Gasteiger partial charge in [0.1, 0.15) is 0 Å². The summed E-state index contributed by atoms with van der Waals surface area (Å²) in [7, 11) is 0. The predicted molar refractivity (Wildman–Crippen MR) is 221 cm³/mol. The molecule has 0 atom stereocenters. The second kappa shape index (κ2) is 12.5. The molecule has 0 fully saturated rings. The van der Waals surface area contributed by atoms with E-state index in [-0.39, 0.29) is 0 Å². The van der Waals surface area contributed by atoms with Crippen molar-refractivity contribution in [2.45, 2.75) is 0 Å². The van der Waals surface area contributed by atoms with Crippen LogP contribution in [0.25, 0.3) is 71.3 Å². The number of benzene rings is 9. The van der Waals surface area contributed by atoms with Crippen molar-refractivity contribution in [2.75, 3.05) is 4.90 Å². The summed E-state index contributed by atoms with van der Waals surface area (Å²) in [4.78, 5) is 2.41. The molecule has 244 valence electrons. The van der Waals surface area contributed by atoms with E-state index in [4.69, 9.17) is 0 Å². The normalized spacial score (nSPS) is 11.5. The Bertz CT molecular complexity index is 2890. The maximum atomic E-state index is 2.43. The summed E-state index contributed by atoms with van der Waals surface area (Å²) in [5.41, 5.74) is 11.7. The number of anilines is 3. The Morgan fingerprint density at radius 2 is 1.04 bits per heavy atom. The Morgan fingerprint density at radius 3 is 1.85 bits per heavy atom. The fourth-order valence-electron chi connectivity index (χ4n) is 8.00. The zero-order valence-electron chi connectivity index (χ0n) is 28.5. The summed E-state index contributed by atoms with van der Waals surface area (Å²) >= 11 is 0. The lowest BCUT2D eigenvalue weighted by atomic mass is 9.96. The Hall–Kier alpha value is -6.90. The van der Waals surface area contributed by atoms with Crippen molar-refractivity contribution in [3.8, 4) is 27.9 Å². The van der Waals surface area contributed by atoms with Crippen LogP contribution in [0, 0.1) is 0 Å². The summed E-state index contributed by atoms with van der Waals surface area (Å²) in [6, 6.07) is 74.7. The summed E-state index contributed by atoms with van der Waals surface area (Å²) in [5, 5.41) is 7.41. The minimum absolute atomic E-state index is 1.10. The Labute approximate surface area is 303 Å². The third kappa shape index (κ3) is 4.96. The molecular weight excluding hydrogens is 629 g/mol. The van der Waals surface area contributed by atoms with Crippen LogP contribution in [0.1, 0.15) is 0 Å². The largest absolute Gasteiger partial charge is 0.310 e. The standard InChI is InChI=1S/C50H34N2/c1-4-16-36(17-5-1)42-31-32-47(45-24-13-12-23-44(42)45)51(39-19-6-2-7-20-39)41-29-30-46-49(34-41)52(40-21-8-3-9-22-40)48-26-14-25-43(50(46)48)38-28-27-35-15-10-11-18-37(35)33-38/h1-34H. The highest BCUT2D eigenvalue weighted by atomic mass is 15.1. The maximum Gasteiger partial charge on any atom is 0.0562 e. The number of hydrogen-bond acceptors (Lipinski definition) is 1. The number of nitrogens with zero attached hydrogens (tertiary/aromatic N) is 2. The molecule has 52 heavy (non-hydrogen) atoms. The molecule has 0 unspecified atom stereocenters. The minimum atomic E-state index is 1.10. The lowest BCUT2D eigenvalue weighted by Crippen LogP contribution is -2.10. The van der Waals surface area contributed by atoms with Crippen LogP contribution in [0.2, 0.25) is 0 Å². The van der Waals surface area contributed by atoms with Gasteiger partial charge in [-0.1, -0.05) is 152 Å². The van der Waals surface area contributed by atoms with Gasteiger partial charge in [0, 0.05) is 33.2 Å². The summed E-state index contributed by atoms with van der Waals surface area (Å²) < 4.78 is 2.43. The molecule has 1 heterocycles. The van der Waals surface area contributed by atoms with Crippen molar-refractivity contribution in [2.24, 2.45) is 0 Å². The topological polar surface area (TPSA) is 8.17 Å². The zero-order chi connectivity index (χ0) is 34.4. The minimum Gasteiger partial charge on any atom is -0.310 e. The van der Waals surface area contributed by atoms with Gasteiger partial charge < -0.3 is 9.47 Å².